The molecule has 1 N–H and O–H groups in total. The Morgan fingerprint density at radius 3 is 2.80 bits per heavy atom. The lowest BCUT2D eigenvalue weighted by Gasteiger charge is -2.16. The van der Waals surface area contributed by atoms with E-state index in [1.165, 1.54) is 22.3 Å². The summed E-state index contributed by atoms with van der Waals surface area (Å²) in [6.07, 6.45) is 0.0469. The molecule has 0 radical (unpaired) electrons. The van der Waals surface area contributed by atoms with Gasteiger partial charge >= 0.3 is 0 Å². The molecule has 10 heteroatoms. The number of rotatable bonds is 4. The number of aryl methyl sites for hydroxylation is 2. The predicted molar refractivity (Wildman–Crippen MR) is 91.6 cm³/mol. The third-order valence-corrected chi connectivity index (χ3v) is 4.71. The lowest BCUT2D eigenvalue weighted by atomic mass is 10.1. The summed E-state index contributed by atoms with van der Waals surface area (Å²) in [7, 11) is 0. The van der Waals surface area contributed by atoms with Gasteiger partial charge in [0.15, 0.2) is 0 Å². The molecule has 1 aliphatic rings. The first-order valence-electron chi connectivity index (χ1n) is 7.51. The normalized spacial score (nSPS) is 17.0. The van der Waals surface area contributed by atoms with Gasteiger partial charge in [-0.25, -0.2) is 0 Å². The van der Waals surface area contributed by atoms with Crippen molar-refractivity contribution in [2.75, 3.05) is 16.8 Å². The quantitative estimate of drug-likeness (QED) is 0.658. The average molecular weight is 361 g/mol. The van der Waals surface area contributed by atoms with Crippen molar-refractivity contribution in [1.29, 1.82) is 0 Å². The Kier molecular flexibility index (Phi) is 4.45. The number of aromatic nitrogens is 2. The van der Waals surface area contributed by atoms with Crippen LogP contribution in [-0.2, 0) is 9.59 Å². The van der Waals surface area contributed by atoms with E-state index in [1.54, 1.807) is 26.0 Å². The van der Waals surface area contributed by atoms with Crippen molar-refractivity contribution >= 4 is 39.7 Å². The van der Waals surface area contributed by atoms with Crippen LogP contribution in [0.4, 0.5) is 16.5 Å². The highest BCUT2D eigenvalue weighted by Crippen LogP contribution is 2.30. The lowest BCUT2D eigenvalue weighted by molar-refractivity contribution is -0.385. The monoisotopic (exact) mass is 361 g/mol. The van der Waals surface area contributed by atoms with Gasteiger partial charge in [0, 0.05) is 24.6 Å². The zero-order valence-electron chi connectivity index (χ0n) is 13.6. The topological polar surface area (TPSA) is 118 Å². The third-order valence-electron chi connectivity index (χ3n) is 3.95. The molecule has 1 atom stereocenters. The van der Waals surface area contributed by atoms with Gasteiger partial charge in [0.1, 0.15) is 5.01 Å². The second kappa shape index (κ2) is 6.55. The summed E-state index contributed by atoms with van der Waals surface area (Å²) in [6.45, 7) is 3.58. The van der Waals surface area contributed by atoms with Gasteiger partial charge in [0.05, 0.1) is 16.5 Å². The summed E-state index contributed by atoms with van der Waals surface area (Å²) in [4.78, 5) is 36.6. The fourth-order valence-electron chi connectivity index (χ4n) is 2.65. The van der Waals surface area contributed by atoms with E-state index in [9.17, 15) is 19.7 Å². The van der Waals surface area contributed by atoms with Crippen LogP contribution in [0.25, 0.3) is 0 Å². The van der Waals surface area contributed by atoms with Crippen LogP contribution in [0.15, 0.2) is 18.2 Å². The maximum absolute atomic E-state index is 12.3. The Hall–Kier alpha value is -2.88. The van der Waals surface area contributed by atoms with E-state index in [2.05, 4.69) is 15.5 Å². The minimum Gasteiger partial charge on any atom is -0.311 e. The molecule has 25 heavy (non-hydrogen) atoms. The SMILES string of the molecule is Cc1nnc(NC(=O)[C@H]2CC(=O)N(c3ccc(C)c([N+](=O)[O-])c3)C2)s1. The van der Waals surface area contributed by atoms with Crippen molar-refractivity contribution < 1.29 is 14.5 Å². The van der Waals surface area contributed by atoms with E-state index in [0.29, 0.717) is 16.4 Å². The molecule has 0 spiro atoms. The van der Waals surface area contributed by atoms with E-state index in [0.717, 1.165) is 5.01 Å². The maximum Gasteiger partial charge on any atom is 0.274 e. The fraction of sp³-hybridized carbons (Fsp3) is 0.333. The molecule has 1 fully saturated rings. The van der Waals surface area contributed by atoms with E-state index < -0.39 is 10.8 Å². The number of hydrogen-bond acceptors (Lipinski definition) is 7. The van der Waals surface area contributed by atoms with Crippen LogP contribution < -0.4 is 10.2 Å². The molecule has 2 amide bonds. The largest absolute Gasteiger partial charge is 0.311 e. The van der Waals surface area contributed by atoms with E-state index in [1.807, 2.05) is 0 Å². The van der Waals surface area contributed by atoms with Gasteiger partial charge < -0.3 is 10.2 Å². The van der Waals surface area contributed by atoms with Gasteiger partial charge in [-0.15, -0.1) is 10.2 Å². The zero-order chi connectivity index (χ0) is 18.1. The van der Waals surface area contributed by atoms with Gasteiger partial charge in [-0.1, -0.05) is 17.4 Å². The first-order valence-corrected chi connectivity index (χ1v) is 8.33. The number of anilines is 2. The van der Waals surface area contributed by atoms with Crippen LogP contribution in [0.2, 0.25) is 0 Å². The molecule has 2 heterocycles. The number of nitrogens with one attached hydrogen (secondary N) is 1. The van der Waals surface area contributed by atoms with Gasteiger partial charge in [-0.2, -0.15) is 0 Å². The summed E-state index contributed by atoms with van der Waals surface area (Å²) in [5.41, 5.74) is 0.883. The molecule has 0 saturated carbocycles. The van der Waals surface area contributed by atoms with E-state index in [-0.39, 0.29) is 30.5 Å². The van der Waals surface area contributed by atoms with Crippen molar-refractivity contribution in [2.24, 2.45) is 5.92 Å². The number of amides is 2. The molecule has 2 aromatic rings. The van der Waals surface area contributed by atoms with Gasteiger partial charge in [0.2, 0.25) is 16.9 Å². The predicted octanol–water partition coefficient (Wildman–Crippen LogP) is 2.05. The number of carbonyl (C=O) groups is 2. The number of benzene rings is 1. The average Bonchev–Trinajstić information content (AvgIpc) is 3.13. The second-order valence-corrected chi connectivity index (χ2v) is 6.93. The standard InChI is InChI=1S/C15H15N5O4S/c1-8-3-4-11(6-12(8)20(23)24)19-7-10(5-13(19)21)14(22)16-15-18-17-9(2)25-15/h3-4,6,10H,5,7H2,1-2H3,(H,16,18,22)/t10-/m0/s1. The van der Waals surface area contributed by atoms with Crippen LogP contribution in [0, 0.1) is 29.9 Å². The third kappa shape index (κ3) is 3.48. The molecule has 0 aliphatic carbocycles. The molecule has 1 aromatic heterocycles. The van der Waals surface area contributed by atoms with Crippen molar-refractivity contribution in [3.05, 3.63) is 38.9 Å². The highest BCUT2D eigenvalue weighted by molar-refractivity contribution is 7.15. The molecule has 9 nitrogen and oxygen atoms in total. The molecule has 1 saturated heterocycles. The van der Waals surface area contributed by atoms with Crippen molar-refractivity contribution in [1.82, 2.24) is 10.2 Å². The van der Waals surface area contributed by atoms with Crippen LogP contribution >= 0.6 is 11.3 Å². The van der Waals surface area contributed by atoms with Gasteiger partial charge in [-0.3, -0.25) is 19.7 Å². The minimum atomic E-state index is -0.544. The fourth-order valence-corrected chi connectivity index (χ4v) is 3.24. The van der Waals surface area contributed by atoms with Crippen LogP contribution in [0.1, 0.15) is 17.0 Å². The smallest absolute Gasteiger partial charge is 0.274 e. The van der Waals surface area contributed by atoms with Crippen LogP contribution in [0.5, 0.6) is 0 Å². The Morgan fingerprint density at radius 2 is 2.16 bits per heavy atom. The number of nitro groups is 1. The molecule has 0 unspecified atom stereocenters. The van der Waals surface area contributed by atoms with E-state index in [4.69, 9.17) is 0 Å². The lowest BCUT2D eigenvalue weighted by Crippen LogP contribution is -2.28. The maximum atomic E-state index is 12.3. The Labute approximate surface area is 146 Å². The van der Waals surface area contributed by atoms with Crippen LogP contribution in [0.3, 0.4) is 0 Å². The number of carbonyl (C=O) groups excluding carboxylic acids is 2. The van der Waals surface area contributed by atoms with Gasteiger partial charge in [0.25, 0.3) is 5.69 Å². The summed E-state index contributed by atoms with van der Waals surface area (Å²) in [5.74, 6) is -1.10. The number of nitrogens with zero attached hydrogens (tertiary/aromatic N) is 4. The Bertz CT molecular complexity index is 865. The van der Waals surface area contributed by atoms with Crippen molar-refractivity contribution in [3.63, 3.8) is 0 Å². The first kappa shape index (κ1) is 17.0. The molecule has 0 bridgehead atoms. The zero-order valence-corrected chi connectivity index (χ0v) is 14.4. The van der Waals surface area contributed by atoms with Crippen LogP contribution in [-0.4, -0.2) is 33.5 Å². The summed E-state index contributed by atoms with van der Waals surface area (Å²) < 4.78 is 0. The summed E-state index contributed by atoms with van der Waals surface area (Å²) >= 11 is 1.25. The molecule has 130 valence electrons. The molecular weight excluding hydrogens is 346 g/mol. The van der Waals surface area contributed by atoms with Gasteiger partial charge in [-0.05, 0) is 19.9 Å². The second-order valence-electron chi connectivity index (χ2n) is 5.75. The summed E-state index contributed by atoms with van der Waals surface area (Å²) in [6, 6.07) is 4.61. The van der Waals surface area contributed by atoms with Crippen molar-refractivity contribution in [3.8, 4) is 0 Å². The molecular formula is C15H15N5O4S. The molecule has 3 rings (SSSR count). The highest BCUT2D eigenvalue weighted by atomic mass is 32.1. The Balaban J connectivity index is 1.75. The summed E-state index contributed by atoms with van der Waals surface area (Å²) in [5, 5.41) is 22.5. The number of nitro benzene ring substituents is 1. The highest BCUT2D eigenvalue weighted by Gasteiger charge is 2.36. The number of hydrogen-bond donors (Lipinski definition) is 1. The first-order chi connectivity index (χ1) is 11.8. The molecule has 1 aromatic carbocycles. The minimum absolute atomic E-state index is 0.0469. The van der Waals surface area contributed by atoms with Crippen molar-refractivity contribution in [2.45, 2.75) is 20.3 Å². The van der Waals surface area contributed by atoms with E-state index >= 15 is 0 Å². The molecule has 1 aliphatic heterocycles. The Morgan fingerprint density at radius 1 is 1.40 bits per heavy atom.